The fourth-order valence-electron chi connectivity index (χ4n) is 2.98. The Kier molecular flexibility index (Phi) is 6.88. The number of nitrogens with one attached hydrogen (secondary N) is 2. The summed E-state index contributed by atoms with van der Waals surface area (Å²) in [7, 11) is 0. The van der Waals surface area contributed by atoms with Gasteiger partial charge in [0, 0.05) is 31.9 Å². The molecule has 0 aliphatic carbocycles. The number of rotatable bonds is 5. The van der Waals surface area contributed by atoms with Crippen molar-refractivity contribution in [2.45, 2.75) is 19.3 Å². The molecular weight excluding hydrogens is 387 g/mol. The first-order valence-electron chi connectivity index (χ1n) is 9.01. The number of halogens is 3. The van der Waals surface area contributed by atoms with E-state index in [0.29, 0.717) is 17.3 Å². The third kappa shape index (κ3) is 5.92. The molecule has 0 aromatic heterocycles. The number of anilines is 1. The molecule has 2 aromatic rings. The van der Waals surface area contributed by atoms with E-state index in [9.17, 15) is 13.2 Å². The summed E-state index contributed by atoms with van der Waals surface area (Å²) in [6, 6.07) is 12.9. The highest BCUT2D eigenvalue weighted by Crippen LogP contribution is 2.29. The Morgan fingerprint density at radius 1 is 1.00 bits per heavy atom. The van der Waals surface area contributed by atoms with Crippen LogP contribution in [0.4, 0.5) is 18.9 Å². The van der Waals surface area contributed by atoms with Crippen molar-refractivity contribution < 1.29 is 17.9 Å². The van der Waals surface area contributed by atoms with Crippen LogP contribution >= 0.6 is 12.2 Å². The summed E-state index contributed by atoms with van der Waals surface area (Å²) in [4.78, 5) is 2.35. The monoisotopic (exact) mass is 409 g/mol. The van der Waals surface area contributed by atoms with Gasteiger partial charge in [0.1, 0.15) is 0 Å². The van der Waals surface area contributed by atoms with Gasteiger partial charge in [0.05, 0.1) is 18.8 Å². The van der Waals surface area contributed by atoms with Crippen molar-refractivity contribution in [3.8, 4) is 0 Å². The first kappa shape index (κ1) is 20.6. The number of morpholine rings is 1. The van der Waals surface area contributed by atoms with Crippen LogP contribution in [0.15, 0.2) is 48.5 Å². The minimum absolute atomic E-state index is 0.362. The number of thiocarbonyl (C=S) groups is 1. The van der Waals surface area contributed by atoms with Crippen LogP contribution in [-0.4, -0.2) is 36.3 Å². The third-order valence-corrected chi connectivity index (χ3v) is 4.77. The zero-order valence-corrected chi connectivity index (χ0v) is 16.1. The van der Waals surface area contributed by atoms with Gasteiger partial charge >= 0.3 is 6.18 Å². The maximum atomic E-state index is 12.6. The highest BCUT2D eigenvalue weighted by Gasteiger charge is 2.29. The summed E-state index contributed by atoms with van der Waals surface area (Å²) in [5.41, 5.74) is 2.17. The Balaban J connectivity index is 1.54. The molecule has 150 valence electrons. The molecule has 1 heterocycles. The van der Waals surface area contributed by atoms with E-state index in [-0.39, 0.29) is 0 Å². The fraction of sp³-hybridized carbons (Fsp3) is 0.350. The molecule has 1 saturated heterocycles. The van der Waals surface area contributed by atoms with Crippen molar-refractivity contribution in [3.63, 3.8) is 0 Å². The topological polar surface area (TPSA) is 36.5 Å². The molecule has 1 fully saturated rings. The summed E-state index contributed by atoms with van der Waals surface area (Å²) in [6.45, 7) is 4.71. The van der Waals surface area contributed by atoms with Crippen molar-refractivity contribution in [3.05, 3.63) is 65.2 Å². The highest BCUT2D eigenvalue weighted by atomic mass is 32.1. The maximum absolute atomic E-state index is 12.6. The van der Waals surface area contributed by atoms with E-state index >= 15 is 0 Å². The molecular formula is C20H22F3N3OS. The molecule has 28 heavy (non-hydrogen) atoms. The summed E-state index contributed by atoms with van der Waals surface area (Å²) in [5.74, 6) is 0. The van der Waals surface area contributed by atoms with Crippen molar-refractivity contribution in [1.29, 1.82) is 0 Å². The van der Waals surface area contributed by atoms with E-state index in [1.54, 1.807) is 0 Å². The zero-order valence-electron chi connectivity index (χ0n) is 15.3. The van der Waals surface area contributed by atoms with E-state index < -0.39 is 11.7 Å². The summed E-state index contributed by atoms with van der Waals surface area (Å²) in [6.07, 6.45) is -4.35. The average molecular weight is 409 g/mol. The quantitative estimate of drug-likeness (QED) is 0.730. The van der Waals surface area contributed by atoms with Gasteiger partial charge in [-0.25, -0.2) is 0 Å². The molecule has 0 bridgehead atoms. The predicted molar refractivity (Wildman–Crippen MR) is 107 cm³/mol. The molecule has 8 heteroatoms. The van der Waals surface area contributed by atoms with Gasteiger partial charge in [0.25, 0.3) is 0 Å². The largest absolute Gasteiger partial charge is 0.416 e. The van der Waals surface area contributed by atoms with E-state index in [0.717, 1.165) is 50.5 Å². The second-order valence-electron chi connectivity index (χ2n) is 6.54. The molecule has 2 aromatic carbocycles. The Hall–Kier alpha value is -2.16. The minimum atomic E-state index is -4.35. The normalized spacial score (nSPS) is 15.2. The minimum Gasteiger partial charge on any atom is -0.379 e. The number of nitrogens with zero attached hydrogens (tertiary/aromatic N) is 1. The van der Waals surface area contributed by atoms with Crippen molar-refractivity contribution in [2.75, 3.05) is 31.6 Å². The van der Waals surface area contributed by atoms with E-state index in [4.69, 9.17) is 17.0 Å². The Morgan fingerprint density at radius 2 is 1.64 bits per heavy atom. The summed E-state index contributed by atoms with van der Waals surface area (Å²) in [5, 5.41) is 6.40. The van der Waals surface area contributed by atoms with Gasteiger partial charge < -0.3 is 15.4 Å². The van der Waals surface area contributed by atoms with Crippen molar-refractivity contribution in [2.24, 2.45) is 0 Å². The Morgan fingerprint density at radius 3 is 2.29 bits per heavy atom. The van der Waals surface area contributed by atoms with Crippen LogP contribution in [0.1, 0.15) is 16.7 Å². The second-order valence-corrected chi connectivity index (χ2v) is 6.95. The lowest BCUT2D eigenvalue weighted by atomic mass is 10.1. The second kappa shape index (κ2) is 9.36. The number of alkyl halides is 3. The first-order chi connectivity index (χ1) is 13.4. The van der Waals surface area contributed by atoms with Crippen LogP contribution in [0.3, 0.4) is 0 Å². The highest BCUT2D eigenvalue weighted by molar-refractivity contribution is 7.80. The molecule has 0 radical (unpaired) electrons. The standard InChI is InChI=1S/C20H22F3N3OS/c21-20(22,23)17-5-7-18(8-6-17)25-19(28)24-13-15-3-1-2-4-16(15)14-26-9-11-27-12-10-26/h1-8H,9-14H2,(H2,24,25,28). The lowest BCUT2D eigenvalue weighted by Crippen LogP contribution is -2.36. The lowest BCUT2D eigenvalue weighted by Gasteiger charge is -2.27. The summed E-state index contributed by atoms with van der Waals surface area (Å²) < 4.78 is 43.3. The Labute approximate surface area is 167 Å². The zero-order chi connectivity index (χ0) is 20.0. The lowest BCUT2D eigenvalue weighted by molar-refractivity contribution is -0.137. The van der Waals surface area contributed by atoms with Crippen LogP contribution in [0.2, 0.25) is 0 Å². The van der Waals surface area contributed by atoms with Crippen molar-refractivity contribution >= 4 is 23.0 Å². The molecule has 0 unspecified atom stereocenters. The van der Waals surface area contributed by atoms with Crippen LogP contribution in [0.25, 0.3) is 0 Å². The smallest absolute Gasteiger partial charge is 0.379 e. The number of hydrogen-bond donors (Lipinski definition) is 2. The number of hydrogen-bond acceptors (Lipinski definition) is 3. The predicted octanol–water partition coefficient (Wildman–Crippen LogP) is 4.02. The van der Waals surface area contributed by atoms with E-state index in [1.807, 2.05) is 18.2 Å². The molecule has 0 atom stereocenters. The van der Waals surface area contributed by atoms with Gasteiger partial charge in [0.15, 0.2) is 5.11 Å². The van der Waals surface area contributed by atoms with Gasteiger partial charge in [-0.3, -0.25) is 4.90 Å². The molecule has 1 aliphatic rings. The van der Waals surface area contributed by atoms with Gasteiger partial charge in [-0.1, -0.05) is 24.3 Å². The third-order valence-electron chi connectivity index (χ3n) is 4.53. The molecule has 2 N–H and O–H groups in total. The summed E-state index contributed by atoms with van der Waals surface area (Å²) >= 11 is 5.27. The molecule has 0 amide bonds. The van der Waals surface area contributed by atoms with E-state index in [2.05, 4.69) is 21.6 Å². The Bertz CT molecular complexity index is 790. The SMILES string of the molecule is FC(F)(F)c1ccc(NC(=S)NCc2ccccc2CN2CCOCC2)cc1. The molecule has 0 spiro atoms. The fourth-order valence-corrected chi connectivity index (χ4v) is 3.17. The van der Waals surface area contributed by atoms with E-state index in [1.165, 1.54) is 17.7 Å². The molecule has 4 nitrogen and oxygen atoms in total. The first-order valence-corrected chi connectivity index (χ1v) is 9.41. The van der Waals surface area contributed by atoms with Gasteiger partial charge in [-0.05, 0) is 47.6 Å². The maximum Gasteiger partial charge on any atom is 0.416 e. The molecule has 3 rings (SSSR count). The number of benzene rings is 2. The van der Waals surface area contributed by atoms with Gasteiger partial charge in [-0.15, -0.1) is 0 Å². The van der Waals surface area contributed by atoms with Crippen LogP contribution in [0, 0.1) is 0 Å². The van der Waals surface area contributed by atoms with Crippen LogP contribution in [-0.2, 0) is 24.0 Å². The number of ether oxygens (including phenoxy) is 1. The van der Waals surface area contributed by atoms with Crippen molar-refractivity contribution in [1.82, 2.24) is 10.2 Å². The van der Waals surface area contributed by atoms with Crippen LogP contribution in [0.5, 0.6) is 0 Å². The van der Waals surface area contributed by atoms with Gasteiger partial charge in [-0.2, -0.15) is 13.2 Å². The average Bonchev–Trinajstić information content (AvgIpc) is 2.68. The van der Waals surface area contributed by atoms with Gasteiger partial charge in [0.2, 0.25) is 0 Å². The van der Waals surface area contributed by atoms with Crippen LogP contribution < -0.4 is 10.6 Å². The molecule has 1 aliphatic heterocycles. The molecule has 0 saturated carbocycles.